The molecule has 0 atom stereocenters. The van der Waals surface area contributed by atoms with E-state index in [1.54, 1.807) is 11.8 Å². The van der Waals surface area contributed by atoms with Gasteiger partial charge < -0.3 is 4.90 Å². The lowest BCUT2D eigenvalue weighted by Gasteiger charge is -2.31. The average molecular weight is 392 g/mol. The molecule has 1 saturated heterocycles. The number of rotatable bonds is 4. The zero-order valence-electron chi connectivity index (χ0n) is 15.0. The number of benzene rings is 2. The monoisotopic (exact) mass is 391 g/mol. The average Bonchev–Trinajstić information content (AvgIpc) is 2.70. The molecule has 0 unspecified atom stereocenters. The Morgan fingerprint density at radius 3 is 1.89 bits per heavy atom. The fraction of sp³-hybridized carbons (Fsp3) is 0.130. The first kappa shape index (κ1) is 19.3. The van der Waals surface area contributed by atoms with Crippen molar-refractivity contribution in [3.63, 3.8) is 0 Å². The molecule has 2 aromatic rings. The highest BCUT2D eigenvalue weighted by Crippen LogP contribution is 2.24. The number of hydrogen-bond donors (Lipinski definition) is 0. The number of carbonyl (C=O) groups excluding carboxylic acids is 1. The van der Waals surface area contributed by atoms with Gasteiger partial charge in [-0.3, -0.25) is 4.79 Å². The van der Waals surface area contributed by atoms with E-state index in [1.807, 2.05) is 78.9 Å². The van der Waals surface area contributed by atoms with Gasteiger partial charge in [0.2, 0.25) is 0 Å². The summed E-state index contributed by atoms with van der Waals surface area (Å²) in [4.78, 5) is 15.2. The standard InChI is InChI=1S/C23H21NOS2/c1-2-13-27-23(26)24-16-20(14-18-9-5-3-6-10-18)22(25)21(17-24)15-19-11-7-4-8-12-19/h2-12,14-15H,1,13,16-17H2/b20-14+,21-15+. The molecule has 2 nitrogen and oxygen atoms in total. The Morgan fingerprint density at radius 2 is 1.44 bits per heavy atom. The van der Waals surface area contributed by atoms with Crippen molar-refractivity contribution in [2.45, 2.75) is 0 Å². The number of thioether (sulfide) groups is 1. The summed E-state index contributed by atoms with van der Waals surface area (Å²) in [5.41, 5.74) is 3.56. The van der Waals surface area contributed by atoms with Crippen LogP contribution in [0.2, 0.25) is 0 Å². The third-order valence-corrected chi connectivity index (χ3v) is 5.69. The van der Waals surface area contributed by atoms with Crippen LogP contribution >= 0.6 is 24.0 Å². The molecule has 4 heteroatoms. The Labute approximate surface area is 170 Å². The van der Waals surface area contributed by atoms with Gasteiger partial charge in [-0.05, 0) is 23.3 Å². The fourth-order valence-corrected chi connectivity index (χ4v) is 3.80. The van der Waals surface area contributed by atoms with Crippen LogP contribution < -0.4 is 0 Å². The summed E-state index contributed by atoms with van der Waals surface area (Å²) < 4.78 is 0.792. The molecule has 0 aliphatic carbocycles. The zero-order valence-corrected chi connectivity index (χ0v) is 16.6. The highest BCUT2D eigenvalue weighted by molar-refractivity contribution is 8.23. The molecule has 27 heavy (non-hydrogen) atoms. The third-order valence-electron chi connectivity index (χ3n) is 4.17. The minimum atomic E-state index is 0.0930. The Bertz CT molecular complexity index is 824. The van der Waals surface area contributed by atoms with Gasteiger partial charge in [0.05, 0.1) is 0 Å². The zero-order chi connectivity index (χ0) is 19.1. The first-order valence-electron chi connectivity index (χ1n) is 8.76. The summed E-state index contributed by atoms with van der Waals surface area (Å²) >= 11 is 7.16. The van der Waals surface area contributed by atoms with Crippen molar-refractivity contribution in [3.05, 3.63) is 95.6 Å². The van der Waals surface area contributed by atoms with Gasteiger partial charge in [-0.1, -0.05) is 90.7 Å². The summed E-state index contributed by atoms with van der Waals surface area (Å²) in [6.07, 6.45) is 5.77. The molecular formula is C23H21NOS2. The van der Waals surface area contributed by atoms with E-state index in [9.17, 15) is 4.79 Å². The number of ketones is 1. The summed E-state index contributed by atoms with van der Waals surface area (Å²) in [5, 5.41) is 0. The second-order valence-corrected chi connectivity index (χ2v) is 7.87. The van der Waals surface area contributed by atoms with E-state index < -0.39 is 0 Å². The van der Waals surface area contributed by atoms with E-state index in [0.717, 1.165) is 32.3 Å². The van der Waals surface area contributed by atoms with E-state index in [1.165, 1.54) is 0 Å². The molecule has 0 bridgehead atoms. The van der Waals surface area contributed by atoms with Crippen LogP contribution in [0.4, 0.5) is 0 Å². The Morgan fingerprint density at radius 1 is 0.963 bits per heavy atom. The summed E-state index contributed by atoms with van der Waals surface area (Å²) in [5.74, 6) is 0.856. The quantitative estimate of drug-likeness (QED) is 0.403. The minimum Gasteiger partial charge on any atom is -0.349 e. The van der Waals surface area contributed by atoms with E-state index in [2.05, 4.69) is 11.5 Å². The van der Waals surface area contributed by atoms with E-state index >= 15 is 0 Å². The lowest BCUT2D eigenvalue weighted by Crippen LogP contribution is -2.39. The lowest BCUT2D eigenvalue weighted by atomic mass is 9.94. The molecule has 0 radical (unpaired) electrons. The highest BCUT2D eigenvalue weighted by atomic mass is 32.2. The number of thiocarbonyl (C=S) groups is 1. The molecule has 2 aromatic carbocycles. The predicted octanol–water partition coefficient (Wildman–Crippen LogP) is 5.24. The fourth-order valence-electron chi connectivity index (χ4n) is 2.89. The van der Waals surface area contributed by atoms with Crippen LogP contribution in [0.25, 0.3) is 12.2 Å². The van der Waals surface area contributed by atoms with E-state index in [4.69, 9.17) is 12.2 Å². The van der Waals surface area contributed by atoms with Crippen molar-refractivity contribution in [2.24, 2.45) is 0 Å². The van der Waals surface area contributed by atoms with Crippen molar-refractivity contribution in [2.75, 3.05) is 18.8 Å². The van der Waals surface area contributed by atoms with Gasteiger partial charge in [0, 0.05) is 30.0 Å². The topological polar surface area (TPSA) is 20.3 Å². The second kappa shape index (κ2) is 9.49. The summed E-state index contributed by atoms with van der Waals surface area (Å²) in [7, 11) is 0. The number of nitrogens with zero attached hydrogens (tertiary/aromatic N) is 1. The van der Waals surface area contributed by atoms with Gasteiger partial charge >= 0.3 is 0 Å². The van der Waals surface area contributed by atoms with Crippen LogP contribution in [0.3, 0.4) is 0 Å². The smallest absolute Gasteiger partial charge is 0.188 e. The number of Topliss-reactive ketones (excluding diaryl/α,β-unsaturated/α-hetero) is 1. The maximum atomic E-state index is 13.1. The van der Waals surface area contributed by atoms with Crippen LogP contribution in [0.1, 0.15) is 11.1 Å². The molecule has 1 heterocycles. The Kier molecular flexibility index (Phi) is 6.80. The van der Waals surface area contributed by atoms with Crippen LogP contribution in [0.5, 0.6) is 0 Å². The van der Waals surface area contributed by atoms with Gasteiger partial charge in [-0.25, -0.2) is 0 Å². The van der Waals surface area contributed by atoms with Crippen LogP contribution in [-0.2, 0) is 4.79 Å². The normalized spacial score (nSPS) is 17.3. The molecule has 1 fully saturated rings. The molecule has 0 spiro atoms. The third kappa shape index (κ3) is 5.28. The van der Waals surface area contributed by atoms with Gasteiger partial charge in [-0.15, -0.1) is 6.58 Å². The van der Waals surface area contributed by atoms with Gasteiger partial charge in [0.25, 0.3) is 0 Å². The highest BCUT2D eigenvalue weighted by Gasteiger charge is 2.27. The Hall–Kier alpha value is -2.43. The molecule has 0 aromatic heterocycles. The molecular weight excluding hydrogens is 370 g/mol. The van der Waals surface area contributed by atoms with Gasteiger partial charge in [0.15, 0.2) is 5.78 Å². The first-order valence-corrected chi connectivity index (χ1v) is 10.2. The molecule has 136 valence electrons. The van der Waals surface area contributed by atoms with Crippen molar-refractivity contribution in [1.82, 2.24) is 4.90 Å². The number of hydrogen-bond acceptors (Lipinski definition) is 3. The van der Waals surface area contributed by atoms with Gasteiger partial charge in [0.1, 0.15) is 4.32 Å². The van der Waals surface area contributed by atoms with Gasteiger partial charge in [-0.2, -0.15) is 0 Å². The molecule has 3 rings (SSSR count). The van der Waals surface area contributed by atoms with Crippen LogP contribution in [0.15, 0.2) is 84.5 Å². The number of piperidine rings is 1. The van der Waals surface area contributed by atoms with Crippen molar-refractivity contribution >= 4 is 46.2 Å². The lowest BCUT2D eigenvalue weighted by molar-refractivity contribution is -0.113. The molecule has 0 N–H and O–H groups in total. The van der Waals surface area contributed by atoms with Crippen molar-refractivity contribution in [1.29, 1.82) is 0 Å². The first-order chi connectivity index (χ1) is 13.2. The van der Waals surface area contributed by atoms with Crippen molar-refractivity contribution < 1.29 is 4.79 Å². The molecule has 1 aliphatic rings. The maximum absolute atomic E-state index is 13.1. The minimum absolute atomic E-state index is 0.0930. The molecule has 0 saturated carbocycles. The largest absolute Gasteiger partial charge is 0.349 e. The maximum Gasteiger partial charge on any atom is 0.188 e. The van der Waals surface area contributed by atoms with E-state index in [-0.39, 0.29) is 5.78 Å². The van der Waals surface area contributed by atoms with Crippen LogP contribution in [0, 0.1) is 0 Å². The van der Waals surface area contributed by atoms with Crippen LogP contribution in [-0.4, -0.2) is 33.8 Å². The molecule has 1 aliphatic heterocycles. The summed E-state index contributed by atoms with van der Waals surface area (Å²) in [6, 6.07) is 19.9. The number of likely N-dealkylation sites (tertiary alicyclic amines) is 1. The predicted molar refractivity (Wildman–Crippen MR) is 121 cm³/mol. The molecule has 0 amide bonds. The summed E-state index contributed by atoms with van der Waals surface area (Å²) in [6.45, 7) is 4.82. The Balaban J connectivity index is 1.94. The second-order valence-electron chi connectivity index (χ2n) is 6.21. The van der Waals surface area contributed by atoms with Crippen molar-refractivity contribution in [3.8, 4) is 0 Å². The van der Waals surface area contributed by atoms with E-state index in [0.29, 0.717) is 13.1 Å². The SMILES string of the molecule is C=CCSC(=S)N1C/C(=C\c2ccccc2)C(=O)/C(=C/c2ccccc2)C1. The number of carbonyl (C=O) groups is 1.